The molecule has 2 aromatic carbocycles. The van der Waals surface area contributed by atoms with Crippen molar-refractivity contribution in [1.82, 2.24) is 9.97 Å². The van der Waals surface area contributed by atoms with Crippen LogP contribution in [0.15, 0.2) is 71.8 Å². The number of thiazole rings is 1. The quantitative estimate of drug-likeness (QED) is 0.429. The first-order chi connectivity index (χ1) is 14.9. The minimum absolute atomic E-state index is 0.0244. The fraction of sp³-hybridized carbons (Fsp3) is 0.136. The standard InChI is InChI=1S/C22H18FN3O3S2/c1-2-31(28,29)17-11-9-15(10-12-17)21(27)26(14-16-6-3-4-13-24-16)22-25-20-18(23)7-5-8-19(20)30-22/h3-13H,2,14H2,1H3. The molecule has 9 heteroatoms. The highest BCUT2D eigenvalue weighted by Gasteiger charge is 2.23. The molecule has 2 aromatic heterocycles. The van der Waals surface area contributed by atoms with E-state index in [1.54, 1.807) is 37.4 Å². The molecule has 0 spiro atoms. The van der Waals surface area contributed by atoms with E-state index in [0.717, 1.165) is 0 Å². The number of benzene rings is 2. The van der Waals surface area contributed by atoms with Gasteiger partial charge in [0, 0.05) is 11.8 Å². The summed E-state index contributed by atoms with van der Waals surface area (Å²) in [4.78, 5) is 23.6. The molecule has 6 nitrogen and oxygen atoms in total. The first-order valence-corrected chi connectivity index (χ1v) is 12.0. The Labute approximate surface area is 182 Å². The van der Waals surface area contributed by atoms with E-state index in [9.17, 15) is 17.6 Å². The third-order valence-electron chi connectivity index (χ3n) is 4.72. The van der Waals surface area contributed by atoms with Crippen LogP contribution >= 0.6 is 11.3 Å². The van der Waals surface area contributed by atoms with E-state index in [4.69, 9.17) is 0 Å². The van der Waals surface area contributed by atoms with Gasteiger partial charge in [0.2, 0.25) is 0 Å². The molecule has 0 aliphatic carbocycles. The fourth-order valence-corrected chi connectivity index (χ4v) is 4.89. The predicted octanol–water partition coefficient (Wildman–Crippen LogP) is 4.47. The number of rotatable bonds is 6. The van der Waals surface area contributed by atoms with E-state index in [-0.39, 0.29) is 28.6 Å². The van der Waals surface area contributed by atoms with E-state index in [0.29, 0.717) is 21.1 Å². The predicted molar refractivity (Wildman–Crippen MR) is 118 cm³/mol. The molecule has 0 N–H and O–H groups in total. The molecule has 0 saturated carbocycles. The van der Waals surface area contributed by atoms with Crippen LogP contribution in [-0.2, 0) is 16.4 Å². The van der Waals surface area contributed by atoms with Crippen LogP contribution in [0.25, 0.3) is 10.2 Å². The largest absolute Gasteiger partial charge is 0.278 e. The highest BCUT2D eigenvalue weighted by molar-refractivity contribution is 7.91. The number of nitrogens with zero attached hydrogens (tertiary/aromatic N) is 3. The lowest BCUT2D eigenvalue weighted by molar-refractivity contribution is 0.0984. The van der Waals surface area contributed by atoms with Crippen molar-refractivity contribution < 1.29 is 17.6 Å². The van der Waals surface area contributed by atoms with Crippen molar-refractivity contribution in [3.8, 4) is 0 Å². The van der Waals surface area contributed by atoms with E-state index >= 15 is 0 Å². The van der Waals surface area contributed by atoms with Gasteiger partial charge in [-0.2, -0.15) is 0 Å². The Kier molecular flexibility index (Phi) is 5.79. The second kappa shape index (κ2) is 8.52. The Morgan fingerprint density at radius 3 is 2.48 bits per heavy atom. The Morgan fingerprint density at radius 2 is 1.84 bits per heavy atom. The number of carbonyl (C=O) groups excluding carboxylic acids is 1. The van der Waals surface area contributed by atoms with Crippen molar-refractivity contribution in [2.75, 3.05) is 10.7 Å². The van der Waals surface area contributed by atoms with Gasteiger partial charge in [-0.15, -0.1) is 0 Å². The minimum Gasteiger partial charge on any atom is -0.278 e. The fourth-order valence-electron chi connectivity index (χ4n) is 3.03. The van der Waals surface area contributed by atoms with Gasteiger partial charge in [-0.25, -0.2) is 17.8 Å². The number of anilines is 1. The van der Waals surface area contributed by atoms with Gasteiger partial charge in [0.05, 0.1) is 27.6 Å². The summed E-state index contributed by atoms with van der Waals surface area (Å²) in [5.41, 5.74) is 1.14. The number of fused-ring (bicyclic) bond motifs is 1. The molecule has 4 aromatic rings. The van der Waals surface area contributed by atoms with Crippen molar-refractivity contribution in [1.29, 1.82) is 0 Å². The molecule has 0 saturated heterocycles. The monoisotopic (exact) mass is 455 g/mol. The lowest BCUT2D eigenvalue weighted by Crippen LogP contribution is -2.30. The Bertz CT molecular complexity index is 1340. The van der Waals surface area contributed by atoms with Crippen LogP contribution in [0.3, 0.4) is 0 Å². The smallest absolute Gasteiger partial charge is 0.260 e. The minimum atomic E-state index is -3.37. The average molecular weight is 456 g/mol. The number of amides is 1. The van der Waals surface area contributed by atoms with E-state index < -0.39 is 15.7 Å². The summed E-state index contributed by atoms with van der Waals surface area (Å²) in [6.45, 7) is 1.70. The maximum Gasteiger partial charge on any atom is 0.260 e. The van der Waals surface area contributed by atoms with E-state index in [1.165, 1.54) is 46.6 Å². The van der Waals surface area contributed by atoms with Crippen molar-refractivity contribution >= 4 is 42.4 Å². The Balaban J connectivity index is 1.74. The molecule has 0 aliphatic rings. The SMILES string of the molecule is CCS(=O)(=O)c1ccc(C(=O)N(Cc2ccccn2)c2nc3c(F)cccc3s2)cc1. The number of aromatic nitrogens is 2. The normalized spacial score (nSPS) is 11.5. The molecule has 0 bridgehead atoms. The Morgan fingerprint density at radius 1 is 1.06 bits per heavy atom. The lowest BCUT2D eigenvalue weighted by Gasteiger charge is -2.19. The summed E-state index contributed by atoms with van der Waals surface area (Å²) < 4.78 is 38.9. The third-order valence-corrected chi connectivity index (χ3v) is 7.52. The van der Waals surface area contributed by atoms with Gasteiger partial charge in [-0.3, -0.25) is 14.7 Å². The number of sulfone groups is 1. The van der Waals surface area contributed by atoms with Gasteiger partial charge >= 0.3 is 0 Å². The van der Waals surface area contributed by atoms with Crippen LogP contribution in [-0.4, -0.2) is 30.0 Å². The second-order valence-electron chi connectivity index (χ2n) is 6.72. The molecular weight excluding hydrogens is 437 g/mol. The summed E-state index contributed by atoms with van der Waals surface area (Å²) in [5.74, 6) is -0.867. The van der Waals surface area contributed by atoms with Gasteiger partial charge in [0.15, 0.2) is 15.0 Å². The first-order valence-electron chi connectivity index (χ1n) is 9.48. The summed E-state index contributed by atoms with van der Waals surface area (Å²) in [6.07, 6.45) is 1.63. The average Bonchev–Trinajstić information content (AvgIpc) is 3.23. The van der Waals surface area contributed by atoms with Crippen LogP contribution < -0.4 is 4.90 Å². The van der Waals surface area contributed by atoms with Crippen LogP contribution in [0.5, 0.6) is 0 Å². The maximum absolute atomic E-state index is 14.2. The number of hydrogen-bond acceptors (Lipinski definition) is 6. The molecular formula is C22H18FN3O3S2. The summed E-state index contributed by atoms with van der Waals surface area (Å²) in [6, 6.07) is 15.8. The van der Waals surface area contributed by atoms with E-state index in [1.807, 2.05) is 6.07 Å². The van der Waals surface area contributed by atoms with Gasteiger partial charge < -0.3 is 0 Å². The van der Waals surface area contributed by atoms with Gasteiger partial charge in [0.25, 0.3) is 5.91 Å². The molecule has 0 unspecified atom stereocenters. The van der Waals surface area contributed by atoms with Gasteiger partial charge in [-0.1, -0.05) is 30.4 Å². The zero-order valence-electron chi connectivity index (χ0n) is 16.5. The summed E-state index contributed by atoms with van der Waals surface area (Å²) in [5, 5.41) is 0.334. The van der Waals surface area contributed by atoms with Crippen LogP contribution in [0.1, 0.15) is 23.0 Å². The van der Waals surface area contributed by atoms with Gasteiger partial charge in [-0.05, 0) is 48.5 Å². The third kappa shape index (κ3) is 4.33. The molecule has 1 amide bonds. The number of carbonyl (C=O) groups is 1. The van der Waals surface area contributed by atoms with Crippen molar-refractivity contribution in [2.45, 2.75) is 18.4 Å². The molecule has 0 fully saturated rings. The zero-order chi connectivity index (χ0) is 22.0. The topological polar surface area (TPSA) is 80.2 Å². The number of para-hydroxylation sites is 1. The molecule has 4 rings (SSSR count). The zero-order valence-corrected chi connectivity index (χ0v) is 18.2. The number of hydrogen-bond donors (Lipinski definition) is 0. The summed E-state index contributed by atoms with van der Waals surface area (Å²) >= 11 is 1.20. The molecule has 0 atom stereocenters. The molecule has 158 valence electrons. The van der Waals surface area contributed by atoms with E-state index in [2.05, 4.69) is 9.97 Å². The molecule has 2 heterocycles. The highest BCUT2D eigenvalue weighted by Crippen LogP contribution is 2.32. The Hall–Kier alpha value is -3.17. The van der Waals surface area contributed by atoms with Crippen molar-refractivity contribution in [3.63, 3.8) is 0 Å². The lowest BCUT2D eigenvalue weighted by atomic mass is 10.2. The number of halogens is 1. The molecule has 0 aliphatic heterocycles. The number of pyridine rings is 1. The maximum atomic E-state index is 14.2. The van der Waals surface area contributed by atoms with Crippen LogP contribution in [0.2, 0.25) is 0 Å². The van der Waals surface area contributed by atoms with Crippen molar-refractivity contribution in [2.24, 2.45) is 0 Å². The van der Waals surface area contributed by atoms with Gasteiger partial charge in [0.1, 0.15) is 11.3 Å². The highest BCUT2D eigenvalue weighted by atomic mass is 32.2. The second-order valence-corrected chi connectivity index (χ2v) is 10.0. The van der Waals surface area contributed by atoms with Crippen molar-refractivity contribution in [3.05, 3.63) is 83.9 Å². The summed E-state index contributed by atoms with van der Waals surface area (Å²) in [7, 11) is -3.37. The molecule has 0 radical (unpaired) electrons. The molecule has 31 heavy (non-hydrogen) atoms. The van der Waals surface area contributed by atoms with Crippen LogP contribution in [0.4, 0.5) is 9.52 Å². The van der Waals surface area contributed by atoms with Crippen LogP contribution in [0, 0.1) is 5.82 Å². The first kappa shape index (κ1) is 21.1.